The van der Waals surface area contributed by atoms with E-state index in [0.29, 0.717) is 5.54 Å². The fraction of sp³-hybridized carbons (Fsp3) is 0.647. The Balaban J connectivity index is 1.64. The molecule has 0 saturated heterocycles. The largest absolute Gasteiger partial charge is 0.398 e. The molecule has 1 aromatic carbocycles. The number of anilines is 2. The minimum Gasteiger partial charge on any atom is -0.398 e. The first kappa shape index (κ1) is 13.0. The van der Waals surface area contributed by atoms with Crippen molar-refractivity contribution in [2.45, 2.75) is 51.0 Å². The van der Waals surface area contributed by atoms with E-state index >= 15 is 0 Å². The minimum absolute atomic E-state index is 0.361. The molecule has 3 N–H and O–H groups in total. The standard InChI is InChI=1S/C17H23BrN2/c1-10-2-16(14(18)6-15(10)19)20-17-7-11-3-12(8-17)5-13(4-11)9-17/h2,6,11-13,20H,3-5,7-9,19H2,1H3. The summed E-state index contributed by atoms with van der Waals surface area (Å²) in [5.74, 6) is 2.92. The van der Waals surface area contributed by atoms with Crippen LogP contribution in [-0.4, -0.2) is 5.54 Å². The van der Waals surface area contributed by atoms with Gasteiger partial charge in [-0.15, -0.1) is 0 Å². The van der Waals surface area contributed by atoms with E-state index in [2.05, 4.69) is 34.2 Å². The quantitative estimate of drug-likeness (QED) is 0.768. The molecule has 4 aliphatic rings. The highest BCUT2D eigenvalue weighted by molar-refractivity contribution is 9.10. The molecule has 4 saturated carbocycles. The molecule has 2 nitrogen and oxygen atoms in total. The number of nitrogen functional groups attached to an aromatic ring is 1. The topological polar surface area (TPSA) is 38.0 Å². The summed E-state index contributed by atoms with van der Waals surface area (Å²) >= 11 is 3.68. The normalized spacial score (nSPS) is 38.2. The lowest BCUT2D eigenvalue weighted by atomic mass is 9.53. The third kappa shape index (κ3) is 2.05. The molecule has 0 aliphatic heterocycles. The maximum Gasteiger partial charge on any atom is 0.0493 e. The summed E-state index contributed by atoms with van der Waals surface area (Å²) in [5.41, 5.74) is 9.62. The zero-order valence-electron chi connectivity index (χ0n) is 12.1. The number of hydrogen-bond acceptors (Lipinski definition) is 2. The van der Waals surface area contributed by atoms with Crippen LogP contribution < -0.4 is 11.1 Å². The van der Waals surface area contributed by atoms with Crippen LogP contribution in [0, 0.1) is 24.7 Å². The van der Waals surface area contributed by atoms with Gasteiger partial charge in [0.25, 0.3) is 0 Å². The Labute approximate surface area is 129 Å². The van der Waals surface area contributed by atoms with Gasteiger partial charge in [0.2, 0.25) is 0 Å². The molecule has 4 bridgehead atoms. The van der Waals surface area contributed by atoms with Gasteiger partial charge >= 0.3 is 0 Å². The molecule has 0 aromatic heterocycles. The molecule has 108 valence electrons. The molecule has 5 rings (SSSR count). The van der Waals surface area contributed by atoms with Gasteiger partial charge in [-0.25, -0.2) is 0 Å². The third-order valence-electron chi connectivity index (χ3n) is 5.79. The van der Waals surface area contributed by atoms with E-state index in [-0.39, 0.29) is 0 Å². The summed E-state index contributed by atoms with van der Waals surface area (Å²) in [5, 5.41) is 3.92. The number of nitrogens with two attached hydrogens (primary N) is 1. The van der Waals surface area contributed by atoms with Crippen molar-refractivity contribution in [2.75, 3.05) is 11.1 Å². The van der Waals surface area contributed by atoms with Crippen molar-refractivity contribution in [1.29, 1.82) is 0 Å². The highest BCUT2D eigenvalue weighted by atomic mass is 79.9. The maximum atomic E-state index is 5.99. The van der Waals surface area contributed by atoms with E-state index in [9.17, 15) is 0 Å². The van der Waals surface area contributed by atoms with Crippen LogP contribution in [0.4, 0.5) is 11.4 Å². The lowest BCUT2D eigenvalue weighted by Crippen LogP contribution is -2.54. The fourth-order valence-corrected chi connectivity index (χ4v) is 5.80. The molecule has 0 atom stereocenters. The van der Waals surface area contributed by atoms with Crippen LogP contribution in [-0.2, 0) is 0 Å². The van der Waals surface area contributed by atoms with Crippen molar-refractivity contribution in [1.82, 2.24) is 0 Å². The molecule has 4 aliphatic carbocycles. The van der Waals surface area contributed by atoms with Gasteiger partial charge in [-0.05, 0) is 96.8 Å². The number of nitrogens with one attached hydrogen (secondary N) is 1. The number of halogens is 1. The Morgan fingerprint density at radius 1 is 1.10 bits per heavy atom. The molecule has 0 unspecified atom stereocenters. The number of rotatable bonds is 2. The van der Waals surface area contributed by atoms with Gasteiger partial charge in [-0.3, -0.25) is 0 Å². The van der Waals surface area contributed by atoms with Crippen LogP contribution in [0.1, 0.15) is 44.1 Å². The highest BCUT2D eigenvalue weighted by Gasteiger charge is 2.50. The SMILES string of the molecule is Cc1cc(NC23CC4CC(CC(C4)C2)C3)c(Br)cc1N. The molecule has 0 heterocycles. The van der Waals surface area contributed by atoms with E-state index in [1.807, 2.05) is 6.07 Å². The molecular formula is C17H23BrN2. The Bertz CT molecular complexity index is 517. The molecule has 20 heavy (non-hydrogen) atoms. The third-order valence-corrected chi connectivity index (χ3v) is 6.45. The summed E-state index contributed by atoms with van der Waals surface area (Å²) < 4.78 is 1.11. The average molecular weight is 335 g/mol. The van der Waals surface area contributed by atoms with E-state index in [0.717, 1.165) is 27.9 Å². The molecule has 4 fully saturated rings. The van der Waals surface area contributed by atoms with Crippen LogP contribution in [0.25, 0.3) is 0 Å². The van der Waals surface area contributed by atoms with E-state index in [1.165, 1.54) is 49.8 Å². The summed E-state index contributed by atoms with van der Waals surface area (Å²) in [6.07, 6.45) is 8.58. The summed E-state index contributed by atoms with van der Waals surface area (Å²) in [6, 6.07) is 4.25. The lowest BCUT2D eigenvalue weighted by molar-refractivity contribution is 0.0107. The second kappa shape index (κ2) is 4.40. The first-order valence-corrected chi connectivity index (χ1v) is 8.66. The lowest BCUT2D eigenvalue weighted by Gasteiger charge is -2.57. The molecule has 0 radical (unpaired) electrons. The van der Waals surface area contributed by atoms with Crippen LogP contribution in [0.2, 0.25) is 0 Å². The van der Waals surface area contributed by atoms with Crippen molar-refractivity contribution in [2.24, 2.45) is 17.8 Å². The summed E-state index contributed by atoms with van der Waals surface area (Å²) in [6.45, 7) is 2.09. The Morgan fingerprint density at radius 3 is 2.20 bits per heavy atom. The van der Waals surface area contributed by atoms with Crippen molar-refractivity contribution in [3.05, 3.63) is 22.2 Å². The van der Waals surface area contributed by atoms with Gasteiger partial charge in [-0.2, -0.15) is 0 Å². The Hall–Kier alpha value is -0.700. The number of hydrogen-bond donors (Lipinski definition) is 2. The zero-order chi connectivity index (χ0) is 13.9. The van der Waals surface area contributed by atoms with Crippen molar-refractivity contribution in [3.8, 4) is 0 Å². The van der Waals surface area contributed by atoms with Crippen LogP contribution in [0.5, 0.6) is 0 Å². The van der Waals surface area contributed by atoms with E-state index in [4.69, 9.17) is 5.73 Å². The number of aryl methyl sites for hydroxylation is 1. The minimum atomic E-state index is 0.361. The smallest absolute Gasteiger partial charge is 0.0493 e. The van der Waals surface area contributed by atoms with Gasteiger partial charge in [0.1, 0.15) is 0 Å². The van der Waals surface area contributed by atoms with Gasteiger partial charge in [0.15, 0.2) is 0 Å². The van der Waals surface area contributed by atoms with E-state index < -0.39 is 0 Å². The monoisotopic (exact) mass is 334 g/mol. The fourth-order valence-electron chi connectivity index (χ4n) is 5.34. The second-order valence-corrected chi connectivity index (χ2v) is 8.37. The van der Waals surface area contributed by atoms with Crippen molar-refractivity contribution >= 4 is 27.3 Å². The summed E-state index contributed by atoms with van der Waals surface area (Å²) in [4.78, 5) is 0. The predicted octanol–water partition coefficient (Wildman–Crippen LogP) is 4.72. The van der Waals surface area contributed by atoms with Gasteiger partial charge in [0, 0.05) is 21.4 Å². The number of benzene rings is 1. The van der Waals surface area contributed by atoms with Gasteiger partial charge in [-0.1, -0.05) is 0 Å². The second-order valence-electron chi connectivity index (χ2n) is 7.51. The molecule has 1 aromatic rings. The Kier molecular flexibility index (Phi) is 2.86. The molecule has 0 amide bonds. The first-order valence-electron chi connectivity index (χ1n) is 7.87. The zero-order valence-corrected chi connectivity index (χ0v) is 13.7. The van der Waals surface area contributed by atoms with Crippen LogP contribution in [0.15, 0.2) is 16.6 Å². The first-order chi connectivity index (χ1) is 9.53. The van der Waals surface area contributed by atoms with Crippen molar-refractivity contribution in [3.63, 3.8) is 0 Å². The Morgan fingerprint density at radius 2 is 1.65 bits per heavy atom. The molecular weight excluding hydrogens is 312 g/mol. The summed E-state index contributed by atoms with van der Waals surface area (Å²) in [7, 11) is 0. The highest BCUT2D eigenvalue weighted by Crippen LogP contribution is 2.56. The maximum absolute atomic E-state index is 5.99. The molecule has 3 heteroatoms. The van der Waals surface area contributed by atoms with Crippen molar-refractivity contribution < 1.29 is 0 Å². The predicted molar refractivity (Wildman–Crippen MR) is 87.8 cm³/mol. The van der Waals surface area contributed by atoms with Crippen LogP contribution >= 0.6 is 15.9 Å². The van der Waals surface area contributed by atoms with Gasteiger partial charge < -0.3 is 11.1 Å². The van der Waals surface area contributed by atoms with Crippen LogP contribution in [0.3, 0.4) is 0 Å². The molecule has 0 spiro atoms. The van der Waals surface area contributed by atoms with E-state index in [1.54, 1.807) is 0 Å². The van der Waals surface area contributed by atoms with Gasteiger partial charge in [0.05, 0.1) is 0 Å². The average Bonchev–Trinajstić information content (AvgIpc) is 2.34.